The Hall–Kier alpha value is -1.62. The predicted octanol–water partition coefficient (Wildman–Crippen LogP) is 2.48. The number of likely N-dealkylation sites (tertiary alicyclic amines) is 1. The molecule has 1 fully saturated rings. The first-order valence-corrected chi connectivity index (χ1v) is 7.36. The zero-order valence-corrected chi connectivity index (χ0v) is 13.2. The fourth-order valence-electron chi connectivity index (χ4n) is 2.54. The van der Waals surface area contributed by atoms with Crippen LogP contribution in [0.15, 0.2) is 18.2 Å². The number of rotatable bonds is 1. The molecular weight excluding hydrogens is 268 g/mol. The number of carbonyl (C=O) groups is 1. The molecule has 116 valence electrons. The van der Waals surface area contributed by atoms with Gasteiger partial charge in [0.1, 0.15) is 5.60 Å². The van der Waals surface area contributed by atoms with E-state index >= 15 is 0 Å². The van der Waals surface area contributed by atoms with Crippen LogP contribution in [0, 0.1) is 6.92 Å². The second-order valence-electron chi connectivity index (χ2n) is 6.59. The highest BCUT2D eigenvalue weighted by atomic mass is 16.6. The number of aromatic nitrogens is 1. The van der Waals surface area contributed by atoms with Gasteiger partial charge < -0.3 is 14.7 Å². The summed E-state index contributed by atoms with van der Waals surface area (Å²) in [5.41, 5.74) is 1.32. The quantitative estimate of drug-likeness (QED) is 0.863. The summed E-state index contributed by atoms with van der Waals surface area (Å²) in [5.74, 6) is -0.0245. The topological polar surface area (TPSA) is 62.7 Å². The molecule has 21 heavy (non-hydrogen) atoms. The maximum atomic E-state index is 12.0. The molecule has 0 aromatic carbocycles. The van der Waals surface area contributed by atoms with Crippen LogP contribution in [0.5, 0.6) is 0 Å². The van der Waals surface area contributed by atoms with Gasteiger partial charge in [-0.05, 0) is 46.2 Å². The number of hydrogen-bond acceptors (Lipinski definition) is 4. The molecule has 5 nitrogen and oxygen atoms in total. The average Bonchev–Trinajstić information content (AvgIpc) is 2.36. The Balaban J connectivity index is 2.01. The number of carbonyl (C=O) groups excluding carboxylic acids is 1. The number of pyridine rings is 1. The van der Waals surface area contributed by atoms with Crippen LogP contribution in [0.25, 0.3) is 0 Å². The van der Waals surface area contributed by atoms with Crippen molar-refractivity contribution < 1.29 is 14.6 Å². The molecule has 0 saturated carbocycles. The van der Waals surface area contributed by atoms with Gasteiger partial charge in [0.25, 0.3) is 0 Å². The van der Waals surface area contributed by atoms with E-state index in [1.54, 1.807) is 4.90 Å². The van der Waals surface area contributed by atoms with Gasteiger partial charge in [-0.1, -0.05) is 6.07 Å². The van der Waals surface area contributed by atoms with Crippen LogP contribution in [0.4, 0.5) is 4.79 Å². The van der Waals surface area contributed by atoms with Crippen LogP contribution in [0.1, 0.15) is 44.5 Å². The lowest BCUT2D eigenvalue weighted by atomic mass is 9.90. The Morgan fingerprint density at radius 1 is 1.43 bits per heavy atom. The van der Waals surface area contributed by atoms with Gasteiger partial charge in [-0.2, -0.15) is 0 Å². The Kier molecular flexibility index (Phi) is 4.52. The zero-order valence-electron chi connectivity index (χ0n) is 13.2. The van der Waals surface area contributed by atoms with Crippen LogP contribution in [-0.2, 0) is 4.74 Å². The summed E-state index contributed by atoms with van der Waals surface area (Å²) in [6.07, 6.45) is -0.283. The molecule has 1 aromatic rings. The summed E-state index contributed by atoms with van der Waals surface area (Å²) >= 11 is 0. The van der Waals surface area contributed by atoms with Crippen LogP contribution in [0.2, 0.25) is 0 Å². The third-order valence-corrected chi connectivity index (χ3v) is 3.52. The van der Waals surface area contributed by atoms with Gasteiger partial charge in [-0.3, -0.25) is 4.98 Å². The second kappa shape index (κ2) is 6.02. The lowest BCUT2D eigenvalue weighted by Crippen LogP contribution is -2.47. The molecule has 2 rings (SSSR count). The molecule has 2 heterocycles. The van der Waals surface area contributed by atoms with Crippen molar-refractivity contribution in [1.82, 2.24) is 9.88 Å². The lowest BCUT2D eigenvalue weighted by molar-refractivity contribution is -0.00192. The van der Waals surface area contributed by atoms with Gasteiger partial charge in [0, 0.05) is 23.9 Å². The number of aliphatic hydroxyl groups is 1. The van der Waals surface area contributed by atoms with E-state index in [0.717, 1.165) is 11.4 Å². The fraction of sp³-hybridized carbons (Fsp3) is 0.625. The smallest absolute Gasteiger partial charge is 0.410 e. The Bertz CT molecular complexity index is 510. The third kappa shape index (κ3) is 4.17. The molecular formula is C16H24N2O3. The predicted molar refractivity (Wildman–Crippen MR) is 80.1 cm³/mol. The number of nitrogens with zero attached hydrogens (tertiary/aromatic N) is 2. The average molecular weight is 292 g/mol. The minimum atomic E-state index is -0.611. The molecule has 2 atom stereocenters. The highest BCUT2D eigenvalue weighted by molar-refractivity contribution is 5.68. The van der Waals surface area contributed by atoms with Gasteiger partial charge in [-0.25, -0.2) is 4.79 Å². The first kappa shape index (κ1) is 15.8. The molecule has 1 aliphatic heterocycles. The molecule has 1 aromatic heterocycles. The molecule has 5 heteroatoms. The number of aliphatic hydroxyl groups excluding tert-OH is 1. The van der Waals surface area contributed by atoms with E-state index in [2.05, 4.69) is 4.98 Å². The number of β-amino-alcohol motifs (C(OH)–C–C–N with tert-alkyl or cyclic N) is 1. The van der Waals surface area contributed by atoms with Crippen molar-refractivity contribution >= 4 is 6.09 Å². The van der Waals surface area contributed by atoms with Crippen LogP contribution >= 0.6 is 0 Å². The first-order valence-electron chi connectivity index (χ1n) is 7.36. The standard InChI is InChI=1S/C16H24N2O3/c1-11-6-5-7-13(17-11)12-8-9-18(10-14(12)19)15(20)21-16(2,3)4/h5-7,12,14,19H,8-10H2,1-4H3/t12?,14-/m0/s1. The van der Waals surface area contributed by atoms with E-state index in [4.69, 9.17) is 4.74 Å². The van der Waals surface area contributed by atoms with Crippen molar-refractivity contribution in [2.75, 3.05) is 13.1 Å². The van der Waals surface area contributed by atoms with E-state index in [1.807, 2.05) is 45.9 Å². The number of piperidine rings is 1. The minimum absolute atomic E-state index is 0.0245. The van der Waals surface area contributed by atoms with E-state index in [9.17, 15) is 9.90 Å². The maximum absolute atomic E-state index is 12.0. The SMILES string of the molecule is Cc1cccc(C2CCN(C(=O)OC(C)(C)C)C[C@@H]2O)n1. The van der Waals surface area contributed by atoms with Gasteiger partial charge in [0.05, 0.1) is 12.6 Å². The van der Waals surface area contributed by atoms with Crippen LogP contribution in [-0.4, -0.2) is 45.9 Å². The number of aryl methyl sites for hydroxylation is 1. The van der Waals surface area contributed by atoms with Gasteiger partial charge >= 0.3 is 6.09 Å². The molecule has 1 amide bonds. The van der Waals surface area contributed by atoms with Gasteiger partial charge in [0.15, 0.2) is 0 Å². The number of amides is 1. The third-order valence-electron chi connectivity index (χ3n) is 3.52. The van der Waals surface area contributed by atoms with Crippen molar-refractivity contribution in [2.45, 2.75) is 51.7 Å². The summed E-state index contributed by atoms with van der Waals surface area (Å²) in [6.45, 7) is 8.31. The summed E-state index contributed by atoms with van der Waals surface area (Å²) < 4.78 is 5.35. The lowest BCUT2D eigenvalue weighted by Gasteiger charge is -2.36. The highest BCUT2D eigenvalue weighted by Crippen LogP contribution is 2.28. The zero-order chi connectivity index (χ0) is 15.6. The Morgan fingerprint density at radius 3 is 2.71 bits per heavy atom. The number of hydrogen-bond donors (Lipinski definition) is 1. The molecule has 0 radical (unpaired) electrons. The summed E-state index contributed by atoms with van der Waals surface area (Å²) in [5, 5.41) is 10.3. The van der Waals surface area contributed by atoms with Gasteiger partial charge in [0.2, 0.25) is 0 Å². The van der Waals surface area contributed by atoms with E-state index in [1.165, 1.54) is 0 Å². The monoisotopic (exact) mass is 292 g/mol. The maximum Gasteiger partial charge on any atom is 0.410 e. The molecule has 1 aliphatic rings. The van der Waals surface area contributed by atoms with Crippen molar-refractivity contribution in [2.24, 2.45) is 0 Å². The molecule has 1 unspecified atom stereocenters. The number of ether oxygens (including phenoxy) is 1. The molecule has 1 saturated heterocycles. The van der Waals surface area contributed by atoms with Crippen LogP contribution < -0.4 is 0 Å². The van der Waals surface area contributed by atoms with Crippen molar-refractivity contribution in [3.05, 3.63) is 29.6 Å². The van der Waals surface area contributed by atoms with Crippen LogP contribution in [0.3, 0.4) is 0 Å². The molecule has 0 aliphatic carbocycles. The second-order valence-corrected chi connectivity index (χ2v) is 6.59. The Labute approximate surface area is 125 Å². The normalized spacial score (nSPS) is 23.0. The summed E-state index contributed by atoms with van der Waals surface area (Å²) in [4.78, 5) is 18.1. The first-order chi connectivity index (χ1) is 9.76. The highest BCUT2D eigenvalue weighted by Gasteiger charge is 2.33. The van der Waals surface area contributed by atoms with Crippen molar-refractivity contribution in [3.8, 4) is 0 Å². The molecule has 1 N–H and O–H groups in total. The van der Waals surface area contributed by atoms with Crippen molar-refractivity contribution in [1.29, 1.82) is 0 Å². The molecule has 0 spiro atoms. The Morgan fingerprint density at radius 2 is 2.14 bits per heavy atom. The summed E-state index contributed by atoms with van der Waals surface area (Å²) in [6, 6.07) is 5.82. The van der Waals surface area contributed by atoms with E-state index in [0.29, 0.717) is 13.0 Å². The molecule has 0 bridgehead atoms. The van der Waals surface area contributed by atoms with E-state index in [-0.39, 0.29) is 18.6 Å². The van der Waals surface area contributed by atoms with E-state index < -0.39 is 11.7 Å². The fourth-order valence-corrected chi connectivity index (χ4v) is 2.54. The summed E-state index contributed by atoms with van der Waals surface area (Å²) in [7, 11) is 0. The minimum Gasteiger partial charge on any atom is -0.444 e. The van der Waals surface area contributed by atoms with Crippen molar-refractivity contribution in [3.63, 3.8) is 0 Å². The largest absolute Gasteiger partial charge is 0.444 e. The van der Waals surface area contributed by atoms with Gasteiger partial charge in [-0.15, -0.1) is 0 Å².